The molecule has 0 radical (unpaired) electrons. The van der Waals surface area contributed by atoms with E-state index in [1.54, 1.807) is 14.2 Å². The number of methoxy groups -OCH3 is 2. The molecule has 0 amide bonds. The minimum absolute atomic E-state index is 0.559. The lowest BCUT2D eigenvalue weighted by atomic mass is 10.1. The third kappa shape index (κ3) is 3.29. The highest BCUT2D eigenvalue weighted by molar-refractivity contribution is 7.15. The van der Waals surface area contributed by atoms with Crippen LogP contribution in [-0.4, -0.2) is 19.2 Å². The summed E-state index contributed by atoms with van der Waals surface area (Å²) in [6, 6.07) is 16.0. The average molecular weight is 326 g/mol. The lowest BCUT2D eigenvalue weighted by Gasteiger charge is -2.10. The molecule has 118 valence electrons. The molecule has 0 bridgehead atoms. The molecule has 5 heteroatoms. The summed E-state index contributed by atoms with van der Waals surface area (Å²) in [5, 5.41) is 0.559. The molecule has 3 rings (SSSR count). The quantitative estimate of drug-likeness (QED) is 0.770. The van der Waals surface area contributed by atoms with Gasteiger partial charge in [0.25, 0.3) is 0 Å². The van der Waals surface area contributed by atoms with Gasteiger partial charge in [-0.2, -0.15) is 0 Å². The number of benzene rings is 2. The van der Waals surface area contributed by atoms with Gasteiger partial charge in [-0.3, -0.25) is 0 Å². The van der Waals surface area contributed by atoms with Crippen molar-refractivity contribution < 1.29 is 9.47 Å². The van der Waals surface area contributed by atoms with Gasteiger partial charge in [0.15, 0.2) is 5.13 Å². The van der Waals surface area contributed by atoms with E-state index in [2.05, 4.69) is 17.1 Å². The van der Waals surface area contributed by atoms with E-state index in [-0.39, 0.29) is 0 Å². The van der Waals surface area contributed by atoms with E-state index < -0.39 is 0 Å². The number of nitrogen functional groups attached to an aromatic ring is 1. The number of hydrogen-bond donors (Lipinski definition) is 1. The Kier molecular flexibility index (Phi) is 4.48. The van der Waals surface area contributed by atoms with Crippen LogP contribution in [0.5, 0.6) is 11.5 Å². The number of thiazole rings is 1. The van der Waals surface area contributed by atoms with Gasteiger partial charge < -0.3 is 15.2 Å². The summed E-state index contributed by atoms with van der Waals surface area (Å²) < 4.78 is 10.8. The zero-order valence-corrected chi connectivity index (χ0v) is 13.9. The van der Waals surface area contributed by atoms with Crippen LogP contribution in [0.4, 0.5) is 5.13 Å². The molecule has 1 heterocycles. The molecule has 0 fully saturated rings. The van der Waals surface area contributed by atoms with Crippen molar-refractivity contribution in [1.29, 1.82) is 0 Å². The first-order valence-electron chi connectivity index (χ1n) is 7.22. The first-order chi connectivity index (χ1) is 11.2. The Morgan fingerprint density at radius 1 is 1.04 bits per heavy atom. The third-order valence-corrected chi connectivity index (χ3v) is 4.47. The van der Waals surface area contributed by atoms with Crippen molar-refractivity contribution in [2.75, 3.05) is 20.0 Å². The Morgan fingerprint density at radius 3 is 2.52 bits per heavy atom. The van der Waals surface area contributed by atoms with E-state index in [0.717, 1.165) is 34.1 Å². The Hall–Kier alpha value is -2.53. The Labute approximate surface area is 139 Å². The molecule has 0 aliphatic carbocycles. The topological polar surface area (TPSA) is 57.4 Å². The monoisotopic (exact) mass is 326 g/mol. The molecule has 0 aliphatic rings. The van der Waals surface area contributed by atoms with Crippen molar-refractivity contribution in [2.45, 2.75) is 6.42 Å². The highest BCUT2D eigenvalue weighted by Crippen LogP contribution is 2.38. The first-order valence-corrected chi connectivity index (χ1v) is 8.04. The van der Waals surface area contributed by atoms with Gasteiger partial charge in [0, 0.05) is 22.9 Å². The van der Waals surface area contributed by atoms with Gasteiger partial charge in [0.1, 0.15) is 11.5 Å². The summed E-state index contributed by atoms with van der Waals surface area (Å²) in [5.41, 5.74) is 8.98. The van der Waals surface area contributed by atoms with Crippen molar-refractivity contribution in [1.82, 2.24) is 4.98 Å². The molecule has 23 heavy (non-hydrogen) atoms. The standard InChI is InChI=1S/C18H18N2O2S/c1-21-13-8-9-14(15(11-13)22-2)17-16(23-18(19)20-17)10-12-6-4-3-5-7-12/h3-9,11H,10H2,1-2H3,(H2,19,20). The minimum atomic E-state index is 0.559. The van der Waals surface area contributed by atoms with Crippen LogP contribution in [0.15, 0.2) is 48.5 Å². The van der Waals surface area contributed by atoms with Crippen molar-refractivity contribution in [3.05, 3.63) is 59.0 Å². The number of hydrogen-bond acceptors (Lipinski definition) is 5. The molecule has 0 atom stereocenters. The molecule has 3 aromatic rings. The second kappa shape index (κ2) is 6.71. The number of aromatic nitrogens is 1. The smallest absolute Gasteiger partial charge is 0.180 e. The number of ether oxygens (including phenoxy) is 2. The van der Waals surface area contributed by atoms with Crippen LogP contribution in [0.1, 0.15) is 10.4 Å². The molecule has 2 N–H and O–H groups in total. The summed E-state index contributed by atoms with van der Waals surface area (Å²) >= 11 is 1.51. The van der Waals surface area contributed by atoms with Crippen LogP contribution in [0.3, 0.4) is 0 Å². The highest BCUT2D eigenvalue weighted by atomic mass is 32.1. The van der Waals surface area contributed by atoms with Crippen LogP contribution >= 0.6 is 11.3 Å². The molecule has 2 aromatic carbocycles. The van der Waals surface area contributed by atoms with Gasteiger partial charge in [0.05, 0.1) is 19.9 Å². The van der Waals surface area contributed by atoms with Crippen LogP contribution in [0, 0.1) is 0 Å². The first kappa shape index (κ1) is 15.4. The molecular weight excluding hydrogens is 308 g/mol. The molecule has 1 aromatic heterocycles. The van der Waals surface area contributed by atoms with Crippen LogP contribution < -0.4 is 15.2 Å². The molecule has 4 nitrogen and oxygen atoms in total. The summed E-state index contributed by atoms with van der Waals surface area (Å²) in [7, 11) is 3.28. The fourth-order valence-corrected chi connectivity index (χ4v) is 3.36. The van der Waals surface area contributed by atoms with Gasteiger partial charge in [-0.1, -0.05) is 30.3 Å². The zero-order valence-electron chi connectivity index (χ0n) is 13.1. The second-order valence-corrected chi connectivity index (χ2v) is 6.17. The molecular formula is C18H18N2O2S. The van der Waals surface area contributed by atoms with Crippen molar-refractivity contribution >= 4 is 16.5 Å². The third-order valence-electron chi connectivity index (χ3n) is 3.59. The Bertz CT molecular complexity index is 800. The van der Waals surface area contributed by atoms with Crippen LogP contribution in [-0.2, 0) is 6.42 Å². The zero-order chi connectivity index (χ0) is 16.2. The maximum atomic E-state index is 5.96. The molecule has 0 saturated carbocycles. The van der Waals surface area contributed by atoms with E-state index in [1.165, 1.54) is 16.9 Å². The van der Waals surface area contributed by atoms with Crippen LogP contribution in [0.2, 0.25) is 0 Å². The van der Waals surface area contributed by atoms with E-state index >= 15 is 0 Å². The van der Waals surface area contributed by atoms with Gasteiger partial charge in [-0.25, -0.2) is 4.98 Å². The molecule has 0 aliphatic heterocycles. The number of nitrogens with zero attached hydrogens (tertiary/aromatic N) is 1. The minimum Gasteiger partial charge on any atom is -0.497 e. The maximum Gasteiger partial charge on any atom is 0.180 e. The fourth-order valence-electron chi connectivity index (χ4n) is 2.48. The molecule has 0 saturated heterocycles. The van der Waals surface area contributed by atoms with E-state index in [1.807, 2.05) is 36.4 Å². The predicted octanol–water partition coefficient (Wildman–Crippen LogP) is 4.00. The summed E-state index contributed by atoms with van der Waals surface area (Å²) in [6.45, 7) is 0. The van der Waals surface area contributed by atoms with Gasteiger partial charge in [-0.15, -0.1) is 11.3 Å². The Morgan fingerprint density at radius 2 is 1.83 bits per heavy atom. The largest absolute Gasteiger partial charge is 0.497 e. The summed E-state index contributed by atoms with van der Waals surface area (Å²) in [4.78, 5) is 5.64. The SMILES string of the molecule is COc1ccc(-c2nc(N)sc2Cc2ccccc2)c(OC)c1. The normalized spacial score (nSPS) is 10.5. The van der Waals surface area contributed by atoms with E-state index in [4.69, 9.17) is 15.2 Å². The predicted molar refractivity (Wildman–Crippen MR) is 94.3 cm³/mol. The van der Waals surface area contributed by atoms with Gasteiger partial charge >= 0.3 is 0 Å². The maximum absolute atomic E-state index is 5.96. The Balaban J connectivity index is 2.03. The van der Waals surface area contributed by atoms with Gasteiger partial charge in [-0.05, 0) is 17.7 Å². The molecule has 0 spiro atoms. The van der Waals surface area contributed by atoms with Crippen molar-refractivity contribution in [3.8, 4) is 22.8 Å². The lowest BCUT2D eigenvalue weighted by molar-refractivity contribution is 0.395. The van der Waals surface area contributed by atoms with E-state index in [9.17, 15) is 0 Å². The van der Waals surface area contributed by atoms with Crippen molar-refractivity contribution in [2.24, 2.45) is 0 Å². The number of rotatable bonds is 5. The lowest BCUT2D eigenvalue weighted by Crippen LogP contribution is -1.94. The fraction of sp³-hybridized carbons (Fsp3) is 0.167. The average Bonchev–Trinajstić information content (AvgIpc) is 2.95. The van der Waals surface area contributed by atoms with Crippen LogP contribution in [0.25, 0.3) is 11.3 Å². The molecule has 0 unspecified atom stereocenters. The number of anilines is 1. The number of nitrogens with two attached hydrogens (primary N) is 1. The summed E-state index contributed by atoms with van der Waals surface area (Å²) in [6.07, 6.45) is 0.792. The second-order valence-electron chi connectivity index (χ2n) is 5.05. The van der Waals surface area contributed by atoms with Crippen molar-refractivity contribution in [3.63, 3.8) is 0 Å². The summed E-state index contributed by atoms with van der Waals surface area (Å²) in [5.74, 6) is 1.47. The van der Waals surface area contributed by atoms with E-state index in [0.29, 0.717) is 5.13 Å². The van der Waals surface area contributed by atoms with Gasteiger partial charge in [0.2, 0.25) is 0 Å². The highest BCUT2D eigenvalue weighted by Gasteiger charge is 2.16.